The van der Waals surface area contributed by atoms with E-state index in [1.807, 2.05) is 108 Å². The van der Waals surface area contributed by atoms with Gasteiger partial charge in [-0.2, -0.15) is 0 Å². The largest absolute Gasteiger partial charge is 0.497 e. The number of piperidine rings is 1. The van der Waals surface area contributed by atoms with E-state index in [0.29, 0.717) is 31.7 Å². The Morgan fingerprint density at radius 1 is 0.762 bits per heavy atom. The molecule has 2 saturated heterocycles. The first-order chi connectivity index (χ1) is 20.5. The van der Waals surface area contributed by atoms with Gasteiger partial charge >= 0.3 is 0 Å². The van der Waals surface area contributed by atoms with Gasteiger partial charge in [0.2, 0.25) is 11.7 Å². The van der Waals surface area contributed by atoms with E-state index < -0.39 is 16.8 Å². The summed E-state index contributed by atoms with van der Waals surface area (Å²) in [6.07, 6.45) is 2.96. The fraction of sp³-hybridized carbons (Fsp3) is 0.250. The van der Waals surface area contributed by atoms with Crippen molar-refractivity contribution in [2.75, 3.05) is 20.8 Å². The average Bonchev–Trinajstić information content (AvgIpc) is 3.54. The van der Waals surface area contributed by atoms with Crippen molar-refractivity contribution in [1.82, 2.24) is 4.90 Å². The zero-order chi connectivity index (χ0) is 28.8. The lowest BCUT2D eigenvalue weighted by molar-refractivity contribution is -0.247. The Hall–Kier alpha value is -4.55. The second-order valence-corrected chi connectivity index (χ2v) is 11.2. The molecule has 212 valence electrons. The first kappa shape index (κ1) is 26.4. The van der Waals surface area contributed by atoms with Crippen molar-refractivity contribution in [2.24, 2.45) is 5.41 Å². The number of carbonyl (C=O) groups is 1. The molecule has 4 aromatic carbocycles. The molecule has 2 atom stereocenters. The van der Waals surface area contributed by atoms with Crippen LogP contribution in [0.5, 0.6) is 11.5 Å². The van der Waals surface area contributed by atoms with Gasteiger partial charge in [-0.1, -0.05) is 84.9 Å². The Morgan fingerprint density at radius 2 is 1.33 bits per heavy atom. The smallest absolute Gasteiger partial charge is 0.239 e. The highest BCUT2D eigenvalue weighted by atomic mass is 16.7. The van der Waals surface area contributed by atoms with Crippen molar-refractivity contribution in [3.8, 4) is 11.5 Å². The number of ether oxygens (including phenoxy) is 4. The van der Waals surface area contributed by atoms with Crippen molar-refractivity contribution in [2.45, 2.75) is 30.8 Å². The molecule has 4 aromatic rings. The van der Waals surface area contributed by atoms with Crippen LogP contribution < -0.4 is 9.47 Å². The minimum absolute atomic E-state index is 0.0208. The fourth-order valence-electron chi connectivity index (χ4n) is 6.84. The van der Waals surface area contributed by atoms with E-state index in [1.165, 1.54) is 0 Å². The summed E-state index contributed by atoms with van der Waals surface area (Å²) in [7, 11) is 3.31. The van der Waals surface area contributed by atoms with E-state index >= 15 is 0 Å². The van der Waals surface area contributed by atoms with Crippen LogP contribution in [0.25, 0.3) is 5.76 Å². The highest BCUT2D eigenvalue weighted by Crippen LogP contribution is 2.67. The summed E-state index contributed by atoms with van der Waals surface area (Å²) in [4.78, 5) is 16.8. The number of hydrogen-bond donors (Lipinski definition) is 0. The van der Waals surface area contributed by atoms with Crippen molar-refractivity contribution in [3.63, 3.8) is 0 Å². The maximum absolute atomic E-state index is 14.8. The molecule has 0 N–H and O–H groups in total. The molecule has 0 radical (unpaired) electrons. The molecule has 0 bridgehead atoms. The molecular formula is C36H33NO5. The molecule has 6 heteroatoms. The second-order valence-electron chi connectivity index (χ2n) is 11.2. The molecule has 2 fully saturated rings. The van der Waals surface area contributed by atoms with Gasteiger partial charge < -0.3 is 23.8 Å². The lowest BCUT2D eigenvalue weighted by atomic mass is 9.68. The summed E-state index contributed by atoms with van der Waals surface area (Å²) >= 11 is 0. The maximum Gasteiger partial charge on any atom is 0.239 e. The lowest BCUT2D eigenvalue weighted by Crippen LogP contribution is -2.59. The van der Waals surface area contributed by atoms with Crippen LogP contribution in [0.2, 0.25) is 0 Å². The maximum atomic E-state index is 14.8. The van der Waals surface area contributed by atoms with Crippen LogP contribution in [-0.2, 0) is 26.4 Å². The van der Waals surface area contributed by atoms with E-state index in [2.05, 4.69) is 12.1 Å². The predicted octanol–water partition coefficient (Wildman–Crippen LogP) is 6.55. The number of rotatable bonds is 7. The molecule has 42 heavy (non-hydrogen) atoms. The highest BCUT2D eigenvalue weighted by molar-refractivity contribution is 5.91. The Bertz CT molecular complexity index is 1570. The van der Waals surface area contributed by atoms with Gasteiger partial charge in [0.25, 0.3) is 0 Å². The van der Waals surface area contributed by atoms with Crippen molar-refractivity contribution in [3.05, 3.63) is 138 Å². The third kappa shape index (κ3) is 4.01. The average molecular weight is 560 g/mol. The molecule has 3 aliphatic heterocycles. The summed E-state index contributed by atoms with van der Waals surface area (Å²) in [5.74, 6) is 1.05. The van der Waals surface area contributed by atoms with Gasteiger partial charge in [-0.05, 0) is 47.0 Å². The van der Waals surface area contributed by atoms with Crippen LogP contribution in [0.1, 0.15) is 35.1 Å². The zero-order valence-corrected chi connectivity index (χ0v) is 23.8. The quantitative estimate of drug-likeness (QED) is 0.257. The monoisotopic (exact) mass is 559 g/mol. The SMILES string of the molecule is COc1ccc(C2(c3ccc(OC)cc3)CC34C=C(c5ccccc5)OC3(CCN(Cc3ccccc3)C4=O)O2)cc1. The van der Waals surface area contributed by atoms with E-state index in [-0.39, 0.29) is 5.91 Å². The topological polar surface area (TPSA) is 57.2 Å². The van der Waals surface area contributed by atoms with Crippen molar-refractivity contribution in [1.29, 1.82) is 0 Å². The van der Waals surface area contributed by atoms with Crippen LogP contribution in [0, 0.1) is 5.41 Å². The number of carbonyl (C=O) groups excluding carboxylic acids is 1. The Labute approximate surface area is 246 Å². The highest BCUT2D eigenvalue weighted by Gasteiger charge is 2.75. The number of amides is 1. The summed E-state index contributed by atoms with van der Waals surface area (Å²) in [5.41, 5.74) is 1.91. The number of nitrogens with zero attached hydrogens (tertiary/aromatic N) is 1. The van der Waals surface area contributed by atoms with Crippen molar-refractivity contribution >= 4 is 11.7 Å². The van der Waals surface area contributed by atoms with E-state index in [0.717, 1.165) is 33.8 Å². The van der Waals surface area contributed by atoms with Gasteiger partial charge in [0, 0.05) is 31.5 Å². The van der Waals surface area contributed by atoms with Crippen LogP contribution in [-0.4, -0.2) is 37.4 Å². The van der Waals surface area contributed by atoms with Gasteiger partial charge in [0.1, 0.15) is 28.3 Å². The molecular weight excluding hydrogens is 526 g/mol. The van der Waals surface area contributed by atoms with Crippen LogP contribution >= 0.6 is 0 Å². The normalized spacial score (nSPS) is 23.9. The molecule has 0 spiro atoms. The summed E-state index contributed by atoms with van der Waals surface area (Å²) in [6, 6.07) is 36.0. The van der Waals surface area contributed by atoms with E-state index in [9.17, 15) is 4.79 Å². The molecule has 0 saturated carbocycles. The van der Waals surface area contributed by atoms with Crippen LogP contribution in [0.4, 0.5) is 0 Å². The first-order valence-electron chi connectivity index (χ1n) is 14.3. The van der Waals surface area contributed by atoms with Gasteiger partial charge in [-0.15, -0.1) is 0 Å². The zero-order valence-electron chi connectivity index (χ0n) is 23.8. The molecule has 3 aliphatic rings. The number of methoxy groups -OCH3 is 2. The summed E-state index contributed by atoms with van der Waals surface area (Å²) in [5, 5.41) is 0. The minimum Gasteiger partial charge on any atom is -0.497 e. The number of hydrogen-bond acceptors (Lipinski definition) is 5. The molecule has 6 nitrogen and oxygen atoms in total. The van der Waals surface area contributed by atoms with E-state index in [4.69, 9.17) is 18.9 Å². The van der Waals surface area contributed by atoms with Crippen molar-refractivity contribution < 1.29 is 23.7 Å². The molecule has 0 aliphatic carbocycles. The minimum atomic E-state index is -1.16. The molecule has 3 heterocycles. The Morgan fingerprint density at radius 3 is 1.90 bits per heavy atom. The molecule has 2 unspecified atom stereocenters. The fourth-order valence-corrected chi connectivity index (χ4v) is 6.84. The van der Waals surface area contributed by atoms with Gasteiger partial charge in [0.05, 0.1) is 14.2 Å². The lowest BCUT2D eigenvalue weighted by Gasteiger charge is -2.44. The summed E-state index contributed by atoms with van der Waals surface area (Å²) < 4.78 is 25.1. The standard InChI is InChI=1S/C36H33NO5/c1-39-30-17-13-28(14-18-30)35(29-15-19-31(40-2)20-16-29)25-34-23-32(27-11-7-4-8-12-27)41-36(34,42-35)21-22-37(33(34)38)24-26-9-5-3-6-10-26/h3-20,23H,21-22,24-25H2,1-2H3. The molecule has 1 amide bonds. The van der Waals surface area contributed by atoms with Crippen LogP contribution in [0.15, 0.2) is 115 Å². The Kier molecular flexibility index (Phi) is 6.32. The first-order valence-corrected chi connectivity index (χ1v) is 14.3. The third-order valence-electron chi connectivity index (χ3n) is 8.97. The van der Waals surface area contributed by atoms with Gasteiger partial charge in [0.15, 0.2) is 0 Å². The van der Waals surface area contributed by atoms with Gasteiger partial charge in [-0.25, -0.2) is 0 Å². The number of likely N-dealkylation sites (tertiary alicyclic amines) is 1. The van der Waals surface area contributed by atoms with Gasteiger partial charge in [-0.3, -0.25) is 4.79 Å². The number of benzene rings is 4. The Balaban J connectivity index is 1.39. The molecule has 7 rings (SSSR count). The molecule has 0 aromatic heterocycles. The predicted molar refractivity (Wildman–Crippen MR) is 160 cm³/mol. The third-order valence-corrected chi connectivity index (χ3v) is 8.97. The second kappa shape index (κ2) is 10.1. The van der Waals surface area contributed by atoms with E-state index in [1.54, 1.807) is 14.2 Å². The summed E-state index contributed by atoms with van der Waals surface area (Å²) in [6.45, 7) is 1.05. The van der Waals surface area contributed by atoms with Crippen LogP contribution in [0.3, 0.4) is 0 Å².